The Morgan fingerprint density at radius 2 is 1.51 bits per heavy atom. The topological polar surface area (TPSA) is 104 Å². The van der Waals surface area contributed by atoms with Crippen LogP contribution in [0.3, 0.4) is 0 Å². The van der Waals surface area contributed by atoms with E-state index in [9.17, 15) is 18.0 Å². The maximum absolute atomic E-state index is 13.0. The second-order valence-corrected chi connectivity index (χ2v) is 11.5. The average Bonchev–Trinajstić information content (AvgIpc) is 2.78. The summed E-state index contributed by atoms with van der Waals surface area (Å²) in [4.78, 5) is 25.0. The van der Waals surface area contributed by atoms with E-state index >= 15 is 0 Å². The van der Waals surface area contributed by atoms with Crippen molar-refractivity contribution in [2.24, 2.45) is 0 Å². The Morgan fingerprint density at radius 1 is 0.857 bits per heavy atom. The Bertz CT molecular complexity index is 1350. The van der Waals surface area contributed by atoms with Gasteiger partial charge in [-0.25, -0.2) is 8.42 Å². The molecule has 0 heterocycles. The van der Waals surface area contributed by atoms with Crippen LogP contribution >= 0.6 is 11.8 Å². The number of rotatable bonds is 7. The van der Waals surface area contributed by atoms with E-state index in [1.54, 1.807) is 42.5 Å². The number of hydrogen-bond donors (Lipinski definition) is 3. The molecule has 9 heteroatoms. The number of carbonyl (C=O) groups is 2. The summed E-state index contributed by atoms with van der Waals surface area (Å²) >= 11 is 1.40. The van der Waals surface area contributed by atoms with Gasteiger partial charge in [-0.3, -0.25) is 14.3 Å². The van der Waals surface area contributed by atoms with Crippen LogP contribution in [0.5, 0.6) is 0 Å². The predicted octanol–water partition coefficient (Wildman–Crippen LogP) is 5.72. The molecule has 0 atom stereocenters. The van der Waals surface area contributed by atoms with Crippen LogP contribution in [0.25, 0.3) is 0 Å². The summed E-state index contributed by atoms with van der Waals surface area (Å²) < 4.78 is 28.5. The summed E-state index contributed by atoms with van der Waals surface area (Å²) in [6, 6.07) is 18.4. The summed E-state index contributed by atoms with van der Waals surface area (Å²) in [7, 11) is -3.94. The molecule has 2 amide bonds. The van der Waals surface area contributed by atoms with E-state index in [2.05, 4.69) is 36.1 Å². The average molecular weight is 512 g/mol. The molecule has 3 rings (SSSR count). The van der Waals surface area contributed by atoms with Crippen molar-refractivity contribution in [1.29, 1.82) is 0 Å². The van der Waals surface area contributed by atoms with E-state index in [1.807, 2.05) is 18.4 Å². The maximum Gasteiger partial charge on any atom is 0.261 e. The second-order valence-electron chi connectivity index (χ2n) is 9.01. The molecule has 0 fully saturated rings. The van der Waals surface area contributed by atoms with Crippen LogP contribution in [-0.4, -0.2) is 26.5 Å². The molecule has 0 radical (unpaired) electrons. The van der Waals surface area contributed by atoms with Crippen molar-refractivity contribution < 1.29 is 18.0 Å². The zero-order valence-electron chi connectivity index (χ0n) is 20.3. The van der Waals surface area contributed by atoms with Gasteiger partial charge in [-0.15, -0.1) is 11.8 Å². The number of benzene rings is 3. The Balaban J connectivity index is 1.78. The van der Waals surface area contributed by atoms with E-state index < -0.39 is 10.0 Å². The highest BCUT2D eigenvalue weighted by Gasteiger charge is 2.18. The Kier molecular flexibility index (Phi) is 7.92. The monoisotopic (exact) mass is 511 g/mol. The molecule has 0 unspecified atom stereocenters. The molecule has 0 saturated carbocycles. The van der Waals surface area contributed by atoms with Gasteiger partial charge in [0.1, 0.15) is 0 Å². The number of thioether (sulfide) groups is 1. The van der Waals surface area contributed by atoms with Crippen molar-refractivity contribution in [1.82, 2.24) is 0 Å². The highest BCUT2D eigenvalue weighted by molar-refractivity contribution is 7.98. The molecule has 35 heavy (non-hydrogen) atoms. The summed E-state index contributed by atoms with van der Waals surface area (Å²) in [6.07, 6.45) is 1.84. The van der Waals surface area contributed by atoms with Crippen LogP contribution in [0.2, 0.25) is 0 Å². The fourth-order valence-electron chi connectivity index (χ4n) is 3.34. The number of nitrogens with one attached hydrogen (secondary N) is 3. The van der Waals surface area contributed by atoms with Gasteiger partial charge in [-0.1, -0.05) is 39.0 Å². The second kappa shape index (κ2) is 10.5. The van der Waals surface area contributed by atoms with Gasteiger partial charge in [0.25, 0.3) is 15.9 Å². The van der Waals surface area contributed by atoms with E-state index in [-0.39, 0.29) is 22.1 Å². The number of hydrogen-bond acceptors (Lipinski definition) is 5. The molecule has 0 saturated heterocycles. The smallest absolute Gasteiger partial charge is 0.261 e. The van der Waals surface area contributed by atoms with Gasteiger partial charge in [0.15, 0.2) is 0 Å². The van der Waals surface area contributed by atoms with Gasteiger partial charge in [0.05, 0.1) is 16.3 Å². The number of carbonyl (C=O) groups excluding carboxylic acids is 2. The van der Waals surface area contributed by atoms with Gasteiger partial charge in [-0.05, 0) is 65.8 Å². The zero-order chi connectivity index (χ0) is 25.8. The normalized spacial score (nSPS) is 11.6. The molecule has 0 aliphatic rings. The summed E-state index contributed by atoms with van der Waals surface area (Å²) in [5.74, 6) is -0.586. The van der Waals surface area contributed by atoms with E-state index in [0.29, 0.717) is 22.6 Å². The third-order valence-corrected chi connectivity index (χ3v) is 7.35. The first-order valence-electron chi connectivity index (χ1n) is 10.9. The lowest BCUT2D eigenvalue weighted by Gasteiger charge is -2.19. The van der Waals surface area contributed by atoms with Gasteiger partial charge in [-0.2, -0.15) is 0 Å². The van der Waals surface area contributed by atoms with Crippen LogP contribution in [0.1, 0.15) is 43.6 Å². The summed E-state index contributed by atoms with van der Waals surface area (Å²) in [5.41, 5.74) is 2.78. The summed E-state index contributed by atoms with van der Waals surface area (Å²) in [5, 5.41) is 5.46. The highest BCUT2D eigenvalue weighted by atomic mass is 32.2. The molecular weight excluding hydrogens is 482 g/mol. The SMILES string of the molecule is CSc1ccc(S(=O)(=O)Nc2cccc(NC(=O)c3ccc(C(C)(C)C)cc3)c2)cc1NC(C)=O. The van der Waals surface area contributed by atoms with E-state index in [1.165, 1.54) is 30.8 Å². The summed E-state index contributed by atoms with van der Waals surface area (Å²) in [6.45, 7) is 7.67. The van der Waals surface area contributed by atoms with E-state index in [0.717, 1.165) is 10.5 Å². The van der Waals surface area contributed by atoms with Crippen molar-refractivity contribution in [2.75, 3.05) is 21.6 Å². The predicted molar refractivity (Wildman–Crippen MR) is 143 cm³/mol. The molecule has 3 aromatic carbocycles. The number of sulfonamides is 1. The molecule has 0 spiro atoms. The first-order valence-corrected chi connectivity index (χ1v) is 13.6. The number of amides is 2. The first-order chi connectivity index (χ1) is 16.4. The molecule has 0 aromatic heterocycles. The molecule has 0 bridgehead atoms. The van der Waals surface area contributed by atoms with Gasteiger partial charge < -0.3 is 10.6 Å². The lowest BCUT2D eigenvalue weighted by atomic mass is 9.87. The van der Waals surface area contributed by atoms with Crippen LogP contribution < -0.4 is 15.4 Å². The molecule has 3 aromatic rings. The van der Waals surface area contributed by atoms with Crippen molar-refractivity contribution in [2.45, 2.75) is 42.9 Å². The van der Waals surface area contributed by atoms with Crippen molar-refractivity contribution in [3.8, 4) is 0 Å². The fourth-order valence-corrected chi connectivity index (χ4v) is 4.95. The Labute approximate surface area is 210 Å². The molecule has 3 N–H and O–H groups in total. The maximum atomic E-state index is 13.0. The fraction of sp³-hybridized carbons (Fsp3) is 0.231. The minimum atomic E-state index is -3.94. The third kappa shape index (κ3) is 6.86. The van der Waals surface area contributed by atoms with Gasteiger partial charge in [0, 0.05) is 23.1 Å². The lowest BCUT2D eigenvalue weighted by molar-refractivity contribution is -0.114. The third-order valence-electron chi connectivity index (χ3n) is 5.18. The molecule has 0 aliphatic heterocycles. The lowest BCUT2D eigenvalue weighted by Crippen LogP contribution is -2.16. The Morgan fingerprint density at radius 3 is 2.11 bits per heavy atom. The minimum Gasteiger partial charge on any atom is -0.325 e. The molecule has 7 nitrogen and oxygen atoms in total. The molecular formula is C26H29N3O4S2. The van der Waals surface area contributed by atoms with Crippen molar-refractivity contribution >= 4 is 50.7 Å². The van der Waals surface area contributed by atoms with Crippen molar-refractivity contribution in [3.05, 3.63) is 77.9 Å². The largest absolute Gasteiger partial charge is 0.325 e. The number of anilines is 3. The van der Waals surface area contributed by atoms with Crippen LogP contribution in [0.15, 0.2) is 76.5 Å². The highest BCUT2D eigenvalue weighted by Crippen LogP contribution is 2.29. The van der Waals surface area contributed by atoms with Crippen LogP contribution in [0, 0.1) is 0 Å². The van der Waals surface area contributed by atoms with Gasteiger partial charge in [0.2, 0.25) is 5.91 Å². The van der Waals surface area contributed by atoms with Gasteiger partial charge >= 0.3 is 0 Å². The quantitative estimate of drug-likeness (QED) is 0.352. The minimum absolute atomic E-state index is 0.00688. The first kappa shape index (κ1) is 26.3. The van der Waals surface area contributed by atoms with E-state index in [4.69, 9.17) is 0 Å². The standard InChI is InChI=1S/C26H29N3O4S2/c1-17(30)27-23-16-22(13-14-24(23)34-5)35(32,33)29-21-8-6-7-20(15-21)28-25(31)18-9-11-19(12-10-18)26(2,3)4/h6-16,29H,1-5H3,(H,27,30)(H,28,31). The van der Waals surface area contributed by atoms with Crippen molar-refractivity contribution in [3.63, 3.8) is 0 Å². The Hall–Kier alpha value is -3.30. The van der Waals surface area contributed by atoms with Crippen LogP contribution in [-0.2, 0) is 20.2 Å². The van der Waals surface area contributed by atoms with Crippen LogP contribution in [0.4, 0.5) is 17.1 Å². The molecule has 184 valence electrons. The molecule has 0 aliphatic carbocycles. The zero-order valence-corrected chi connectivity index (χ0v) is 21.9.